The molecule has 96 valence electrons. The van der Waals surface area contributed by atoms with Crippen LogP contribution in [0.4, 0.5) is 0 Å². The predicted molar refractivity (Wildman–Crippen MR) is 67.9 cm³/mol. The van der Waals surface area contributed by atoms with Crippen LogP contribution in [0.5, 0.6) is 5.75 Å². The maximum Gasteiger partial charge on any atom is 0.336 e. The standard InChI is InChI=1S/C12H10Cl2O4/c1-2-17-11(15)3-4-12(16)18-10-6-8(13)5-9(14)7-10/h3-7H,2H2,1H3/b4-3+. The van der Waals surface area contributed by atoms with E-state index in [1.165, 1.54) is 18.2 Å². The average Bonchev–Trinajstić information content (AvgIpc) is 2.25. The van der Waals surface area contributed by atoms with Gasteiger partial charge >= 0.3 is 11.9 Å². The third-order valence-corrected chi connectivity index (χ3v) is 2.13. The Labute approximate surface area is 114 Å². The Hall–Kier alpha value is -1.52. The summed E-state index contributed by atoms with van der Waals surface area (Å²) in [5.74, 6) is -1.13. The zero-order chi connectivity index (χ0) is 13.5. The van der Waals surface area contributed by atoms with Gasteiger partial charge in [-0.2, -0.15) is 0 Å². The van der Waals surface area contributed by atoms with Crippen LogP contribution in [0.25, 0.3) is 0 Å². The molecule has 0 radical (unpaired) electrons. The van der Waals surface area contributed by atoms with Crippen molar-refractivity contribution in [3.63, 3.8) is 0 Å². The van der Waals surface area contributed by atoms with Gasteiger partial charge in [-0.1, -0.05) is 23.2 Å². The highest BCUT2D eigenvalue weighted by Gasteiger charge is 2.04. The highest BCUT2D eigenvalue weighted by molar-refractivity contribution is 6.34. The van der Waals surface area contributed by atoms with Crippen LogP contribution in [0.15, 0.2) is 30.4 Å². The van der Waals surface area contributed by atoms with E-state index in [0.29, 0.717) is 10.0 Å². The molecule has 0 fully saturated rings. The third-order valence-electron chi connectivity index (χ3n) is 1.70. The zero-order valence-corrected chi connectivity index (χ0v) is 11.0. The predicted octanol–water partition coefficient (Wildman–Crippen LogP) is 3.02. The van der Waals surface area contributed by atoms with E-state index in [-0.39, 0.29) is 12.4 Å². The second-order valence-corrected chi connectivity index (χ2v) is 3.98. The Morgan fingerprint density at radius 1 is 1.11 bits per heavy atom. The first-order valence-electron chi connectivity index (χ1n) is 5.04. The summed E-state index contributed by atoms with van der Waals surface area (Å²) in [5, 5.41) is 0.694. The average molecular weight is 289 g/mol. The van der Waals surface area contributed by atoms with E-state index in [9.17, 15) is 9.59 Å². The van der Waals surface area contributed by atoms with Crippen LogP contribution in [0.2, 0.25) is 10.0 Å². The van der Waals surface area contributed by atoms with Crippen molar-refractivity contribution in [2.75, 3.05) is 6.61 Å². The number of hydrogen-bond acceptors (Lipinski definition) is 4. The van der Waals surface area contributed by atoms with Crippen molar-refractivity contribution in [1.82, 2.24) is 0 Å². The van der Waals surface area contributed by atoms with Gasteiger partial charge < -0.3 is 9.47 Å². The number of halogens is 2. The molecule has 0 aliphatic rings. The fraction of sp³-hybridized carbons (Fsp3) is 0.167. The molecule has 6 heteroatoms. The summed E-state index contributed by atoms with van der Waals surface area (Å²) in [6, 6.07) is 4.38. The quantitative estimate of drug-likeness (QED) is 0.485. The van der Waals surface area contributed by atoms with Gasteiger partial charge in [-0.25, -0.2) is 9.59 Å². The molecular formula is C12H10Cl2O4. The smallest absolute Gasteiger partial charge is 0.336 e. The molecule has 4 nitrogen and oxygen atoms in total. The molecule has 0 spiro atoms. The lowest BCUT2D eigenvalue weighted by Gasteiger charge is -2.02. The molecule has 0 amide bonds. The van der Waals surface area contributed by atoms with Crippen molar-refractivity contribution in [3.05, 3.63) is 40.4 Å². The highest BCUT2D eigenvalue weighted by atomic mass is 35.5. The van der Waals surface area contributed by atoms with Crippen molar-refractivity contribution in [3.8, 4) is 5.75 Å². The lowest BCUT2D eigenvalue weighted by molar-refractivity contribution is -0.138. The molecule has 0 saturated carbocycles. The topological polar surface area (TPSA) is 52.6 Å². The Kier molecular flexibility index (Phi) is 5.68. The summed E-state index contributed by atoms with van der Waals surface area (Å²) >= 11 is 11.5. The number of carbonyl (C=O) groups is 2. The Morgan fingerprint density at radius 2 is 1.67 bits per heavy atom. The molecule has 0 unspecified atom stereocenters. The maximum atomic E-state index is 11.3. The summed E-state index contributed by atoms with van der Waals surface area (Å²) in [5.41, 5.74) is 0. The molecule has 0 bridgehead atoms. The Bertz CT molecular complexity index is 463. The number of benzene rings is 1. The second-order valence-electron chi connectivity index (χ2n) is 3.11. The van der Waals surface area contributed by atoms with E-state index in [2.05, 4.69) is 4.74 Å². The van der Waals surface area contributed by atoms with Gasteiger partial charge in [-0.3, -0.25) is 0 Å². The van der Waals surface area contributed by atoms with Crippen LogP contribution >= 0.6 is 23.2 Å². The van der Waals surface area contributed by atoms with E-state index >= 15 is 0 Å². The van der Waals surface area contributed by atoms with Crippen molar-refractivity contribution >= 4 is 35.1 Å². The zero-order valence-electron chi connectivity index (χ0n) is 9.48. The lowest BCUT2D eigenvalue weighted by Crippen LogP contribution is -2.06. The molecule has 0 aliphatic carbocycles. The minimum Gasteiger partial charge on any atom is -0.463 e. The first kappa shape index (κ1) is 14.5. The van der Waals surface area contributed by atoms with Crippen LogP contribution in [0.3, 0.4) is 0 Å². The minimum atomic E-state index is -0.721. The van der Waals surface area contributed by atoms with E-state index in [1.807, 2.05) is 0 Å². The van der Waals surface area contributed by atoms with Crippen molar-refractivity contribution in [1.29, 1.82) is 0 Å². The van der Waals surface area contributed by atoms with Crippen molar-refractivity contribution in [2.45, 2.75) is 6.92 Å². The molecule has 1 aromatic rings. The van der Waals surface area contributed by atoms with Crippen molar-refractivity contribution < 1.29 is 19.1 Å². The van der Waals surface area contributed by atoms with E-state index in [4.69, 9.17) is 27.9 Å². The molecule has 0 heterocycles. The fourth-order valence-corrected chi connectivity index (χ4v) is 1.57. The molecular weight excluding hydrogens is 279 g/mol. The molecule has 0 aliphatic heterocycles. The minimum absolute atomic E-state index is 0.200. The van der Waals surface area contributed by atoms with Gasteiger partial charge in [0.25, 0.3) is 0 Å². The molecule has 0 saturated heterocycles. The van der Waals surface area contributed by atoms with Gasteiger partial charge in [0.2, 0.25) is 0 Å². The highest BCUT2D eigenvalue weighted by Crippen LogP contribution is 2.24. The summed E-state index contributed by atoms with van der Waals surface area (Å²) in [4.78, 5) is 22.3. The van der Waals surface area contributed by atoms with Gasteiger partial charge in [0.15, 0.2) is 0 Å². The normalized spacial score (nSPS) is 10.4. The van der Waals surface area contributed by atoms with Crippen LogP contribution in [0, 0.1) is 0 Å². The van der Waals surface area contributed by atoms with E-state index < -0.39 is 11.9 Å². The molecule has 0 N–H and O–H groups in total. The number of hydrogen-bond donors (Lipinski definition) is 0. The summed E-state index contributed by atoms with van der Waals surface area (Å²) in [7, 11) is 0. The molecule has 1 aromatic carbocycles. The van der Waals surface area contributed by atoms with Crippen LogP contribution in [-0.4, -0.2) is 18.5 Å². The molecule has 18 heavy (non-hydrogen) atoms. The Balaban J connectivity index is 2.62. The lowest BCUT2D eigenvalue weighted by atomic mass is 10.3. The number of carbonyl (C=O) groups excluding carboxylic acids is 2. The first-order chi connectivity index (χ1) is 8.51. The Morgan fingerprint density at radius 3 is 2.22 bits per heavy atom. The fourth-order valence-electron chi connectivity index (χ4n) is 1.06. The van der Waals surface area contributed by atoms with E-state index in [0.717, 1.165) is 12.2 Å². The van der Waals surface area contributed by atoms with Crippen LogP contribution < -0.4 is 4.74 Å². The number of ether oxygens (including phenoxy) is 2. The van der Waals surface area contributed by atoms with Gasteiger partial charge in [0.1, 0.15) is 5.75 Å². The van der Waals surface area contributed by atoms with Crippen LogP contribution in [-0.2, 0) is 14.3 Å². The number of rotatable bonds is 4. The third kappa shape index (κ3) is 5.21. The second kappa shape index (κ2) is 7.03. The SMILES string of the molecule is CCOC(=O)/C=C/C(=O)Oc1cc(Cl)cc(Cl)c1. The van der Waals surface area contributed by atoms with Crippen LogP contribution in [0.1, 0.15) is 6.92 Å². The summed E-state index contributed by atoms with van der Waals surface area (Å²) in [6.07, 6.45) is 1.95. The summed E-state index contributed by atoms with van der Waals surface area (Å²) < 4.78 is 9.51. The van der Waals surface area contributed by atoms with Crippen molar-refractivity contribution in [2.24, 2.45) is 0 Å². The van der Waals surface area contributed by atoms with Gasteiger partial charge in [-0.05, 0) is 25.1 Å². The summed E-state index contributed by atoms with van der Waals surface area (Å²) in [6.45, 7) is 1.90. The number of esters is 2. The largest absolute Gasteiger partial charge is 0.463 e. The maximum absolute atomic E-state index is 11.3. The first-order valence-corrected chi connectivity index (χ1v) is 5.79. The van der Waals surface area contributed by atoms with Gasteiger partial charge in [-0.15, -0.1) is 0 Å². The van der Waals surface area contributed by atoms with E-state index in [1.54, 1.807) is 6.92 Å². The molecule has 0 aromatic heterocycles. The molecule has 0 atom stereocenters. The van der Waals surface area contributed by atoms with Gasteiger partial charge in [0.05, 0.1) is 6.61 Å². The van der Waals surface area contributed by atoms with Gasteiger partial charge in [0, 0.05) is 22.2 Å². The molecule has 1 rings (SSSR count). The monoisotopic (exact) mass is 288 g/mol.